The summed E-state index contributed by atoms with van der Waals surface area (Å²) in [5.41, 5.74) is 1.48. The Morgan fingerprint density at radius 3 is 2.73 bits per heavy atom. The number of halogens is 1. The summed E-state index contributed by atoms with van der Waals surface area (Å²) in [6.07, 6.45) is 5.97. The number of anilines is 2. The first-order chi connectivity index (χ1) is 12.5. The Bertz CT molecular complexity index is 783. The lowest BCUT2D eigenvalue weighted by molar-refractivity contribution is -0.267. The number of carbonyl (C=O) groups is 1. The minimum absolute atomic E-state index is 0.0833. The number of aromatic nitrogens is 3. The topological polar surface area (TPSA) is 87.5 Å². The van der Waals surface area contributed by atoms with Crippen molar-refractivity contribution in [2.24, 2.45) is 0 Å². The van der Waals surface area contributed by atoms with Crippen LogP contribution in [-0.4, -0.2) is 47.3 Å². The van der Waals surface area contributed by atoms with Gasteiger partial charge in [-0.05, 0) is 13.0 Å². The summed E-state index contributed by atoms with van der Waals surface area (Å²) >= 11 is 6.48. The Labute approximate surface area is 156 Å². The summed E-state index contributed by atoms with van der Waals surface area (Å²) in [7, 11) is 3.25. The van der Waals surface area contributed by atoms with Gasteiger partial charge in [-0.15, -0.1) is 0 Å². The molecule has 26 heavy (non-hydrogen) atoms. The van der Waals surface area contributed by atoms with Gasteiger partial charge in [0.2, 0.25) is 0 Å². The molecule has 0 bridgehead atoms. The van der Waals surface area contributed by atoms with Gasteiger partial charge in [-0.3, -0.25) is 4.98 Å². The zero-order chi connectivity index (χ0) is 18.7. The van der Waals surface area contributed by atoms with Crippen molar-refractivity contribution >= 4 is 28.9 Å². The number of hydrogen-bond acceptors (Lipinski definition) is 7. The van der Waals surface area contributed by atoms with E-state index in [-0.39, 0.29) is 12.6 Å². The van der Waals surface area contributed by atoms with Crippen molar-refractivity contribution in [3.8, 4) is 0 Å². The lowest BCUT2D eigenvalue weighted by Gasteiger charge is -2.45. The number of carbonyl (C=O) groups excluding carboxylic acids is 1. The lowest BCUT2D eigenvalue weighted by atomic mass is 9.85. The van der Waals surface area contributed by atoms with Gasteiger partial charge in [0.25, 0.3) is 0 Å². The standard InChI is InChI=1S/C17H21ClN4O4/c1-4-26-16(23)12-9-19-6-5-13(12)21-14-10-20-22(15(14)18)11-7-17(8-11,24-2)25-3/h5-6,9-11H,4,7-8H2,1-3H3,(H,19,21). The van der Waals surface area contributed by atoms with Crippen LogP contribution in [0.25, 0.3) is 0 Å². The molecular formula is C17H21ClN4O4. The van der Waals surface area contributed by atoms with Crippen LogP contribution >= 0.6 is 11.6 Å². The van der Waals surface area contributed by atoms with Crippen LogP contribution in [0, 0.1) is 0 Å². The van der Waals surface area contributed by atoms with Crippen molar-refractivity contribution in [2.45, 2.75) is 31.6 Å². The molecule has 2 heterocycles. The molecule has 140 valence electrons. The van der Waals surface area contributed by atoms with Crippen LogP contribution in [0.1, 0.15) is 36.2 Å². The average Bonchev–Trinajstić information content (AvgIpc) is 2.96. The molecule has 2 aromatic rings. The predicted octanol–water partition coefficient (Wildman–Crippen LogP) is 3.18. The fraction of sp³-hybridized carbons (Fsp3) is 0.471. The predicted molar refractivity (Wildman–Crippen MR) is 95.7 cm³/mol. The molecule has 1 aliphatic carbocycles. The largest absolute Gasteiger partial charge is 0.462 e. The summed E-state index contributed by atoms with van der Waals surface area (Å²) in [4.78, 5) is 16.0. The molecule has 1 saturated carbocycles. The van der Waals surface area contributed by atoms with E-state index in [2.05, 4.69) is 15.4 Å². The van der Waals surface area contributed by atoms with Crippen molar-refractivity contribution in [3.63, 3.8) is 0 Å². The second-order valence-electron chi connectivity index (χ2n) is 5.94. The molecule has 0 unspecified atom stereocenters. The first kappa shape index (κ1) is 18.6. The minimum Gasteiger partial charge on any atom is -0.462 e. The van der Waals surface area contributed by atoms with Gasteiger partial charge in [0, 0.05) is 39.5 Å². The zero-order valence-electron chi connectivity index (χ0n) is 14.9. The fourth-order valence-electron chi connectivity index (χ4n) is 2.95. The number of rotatable bonds is 7. The second-order valence-corrected chi connectivity index (χ2v) is 6.30. The Hall–Kier alpha value is -2.16. The van der Waals surface area contributed by atoms with E-state index in [9.17, 15) is 4.79 Å². The summed E-state index contributed by atoms with van der Waals surface area (Å²) in [5, 5.41) is 7.94. The van der Waals surface area contributed by atoms with Crippen molar-refractivity contribution in [2.75, 3.05) is 26.1 Å². The van der Waals surface area contributed by atoms with Crippen molar-refractivity contribution in [3.05, 3.63) is 35.4 Å². The van der Waals surface area contributed by atoms with Gasteiger partial charge in [-0.1, -0.05) is 11.6 Å². The molecule has 9 heteroatoms. The van der Waals surface area contributed by atoms with Crippen LogP contribution < -0.4 is 5.32 Å². The number of esters is 1. The van der Waals surface area contributed by atoms with Crippen LogP contribution in [0.5, 0.6) is 0 Å². The van der Waals surface area contributed by atoms with Gasteiger partial charge in [0.15, 0.2) is 10.9 Å². The highest BCUT2D eigenvalue weighted by Crippen LogP contribution is 2.46. The summed E-state index contributed by atoms with van der Waals surface area (Å²) in [6.45, 7) is 2.04. The van der Waals surface area contributed by atoms with Crippen molar-refractivity contribution in [1.82, 2.24) is 14.8 Å². The van der Waals surface area contributed by atoms with E-state index in [4.69, 9.17) is 25.8 Å². The van der Waals surface area contributed by atoms with Crippen LogP contribution in [0.15, 0.2) is 24.7 Å². The molecule has 2 aromatic heterocycles. The number of methoxy groups -OCH3 is 2. The first-order valence-electron chi connectivity index (χ1n) is 8.25. The zero-order valence-corrected chi connectivity index (χ0v) is 15.6. The molecule has 1 aliphatic rings. The Balaban J connectivity index is 1.77. The molecule has 3 rings (SSSR count). The monoisotopic (exact) mass is 380 g/mol. The molecule has 1 N–H and O–H groups in total. The number of nitrogens with one attached hydrogen (secondary N) is 1. The van der Waals surface area contributed by atoms with Gasteiger partial charge in [-0.2, -0.15) is 5.10 Å². The maximum atomic E-state index is 12.1. The third-order valence-electron chi connectivity index (χ3n) is 4.50. The van der Waals surface area contributed by atoms with Crippen molar-refractivity contribution < 1.29 is 19.0 Å². The van der Waals surface area contributed by atoms with E-state index in [1.165, 1.54) is 6.20 Å². The van der Waals surface area contributed by atoms with Gasteiger partial charge in [0.05, 0.1) is 30.2 Å². The number of ether oxygens (including phenoxy) is 3. The second kappa shape index (κ2) is 7.61. The van der Waals surface area contributed by atoms with Gasteiger partial charge < -0.3 is 19.5 Å². The SMILES string of the molecule is CCOC(=O)c1cnccc1Nc1cnn(C2CC(OC)(OC)C2)c1Cl. The highest BCUT2D eigenvalue weighted by molar-refractivity contribution is 6.32. The molecule has 0 aromatic carbocycles. The average molecular weight is 381 g/mol. The van der Waals surface area contributed by atoms with Crippen LogP contribution in [-0.2, 0) is 14.2 Å². The maximum absolute atomic E-state index is 12.1. The molecule has 0 amide bonds. The highest BCUT2D eigenvalue weighted by Gasteiger charge is 2.47. The summed E-state index contributed by atoms with van der Waals surface area (Å²) < 4.78 is 17.6. The van der Waals surface area contributed by atoms with Crippen molar-refractivity contribution in [1.29, 1.82) is 0 Å². The molecule has 0 spiro atoms. The molecule has 1 fully saturated rings. The molecule has 8 nitrogen and oxygen atoms in total. The first-order valence-corrected chi connectivity index (χ1v) is 8.63. The third kappa shape index (κ3) is 3.40. The van der Waals surface area contributed by atoms with Gasteiger partial charge in [0.1, 0.15) is 5.56 Å². The fourth-order valence-corrected chi connectivity index (χ4v) is 3.23. The Kier molecular flexibility index (Phi) is 5.45. The normalized spacial score (nSPS) is 16.2. The molecular weight excluding hydrogens is 360 g/mol. The van der Waals surface area contributed by atoms with E-state index in [0.717, 1.165) is 0 Å². The van der Waals surface area contributed by atoms with E-state index in [1.807, 2.05) is 0 Å². The maximum Gasteiger partial charge on any atom is 0.341 e. The lowest BCUT2D eigenvalue weighted by Crippen LogP contribution is -2.48. The smallest absolute Gasteiger partial charge is 0.341 e. The van der Waals surface area contributed by atoms with Crippen LogP contribution in [0.2, 0.25) is 5.15 Å². The van der Waals surface area contributed by atoms with E-state index >= 15 is 0 Å². The quantitative estimate of drug-likeness (QED) is 0.583. The number of hydrogen-bond donors (Lipinski definition) is 1. The molecule has 0 radical (unpaired) electrons. The van der Waals surface area contributed by atoms with Crippen LogP contribution in [0.4, 0.5) is 11.4 Å². The summed E-state index contributed by atoms with van der Waals surface area (Å²) in [6, 6.07) is 1.77. The molecule has 0 atom stereocenters. The van der Waals surface area contributed by atoms with Gasteiger partial charge >= 0.3 is 5.97 Å². The molecule has 0 saturated heterocycles. The van der Waals surface area contributed by atoms with E-state index < -0.39 is 11.8 Å². The molecule has 0 aliphatic heterocycles. The third-order valence-corrected chi connectivity index (χ3v) is 4.88. The Morgan fingerprint density at radius 1 is 1.35 bits per heavy atom. The van der Waals surface area contributed by atoms with Gasteiger partial charge in [-0.25, -0.2) is 9.48 Å². The number of pyridine rings is 1. The summed E-state index contributed by atoms with van der Waals surface area (Å²) in [5.74, 6) is -1.02. The van der Waals surface area contributed by atoms with Crippen LogP contribution in [0.3, 0.4) is 0 Å². The Morgan fingerprint density at radius 2 is 2.08 bits per heavy atom. The van der Waals surface area contributed by atoms with E-state index in [1.54, 1.807) is 44.3 Å². The number of nitrogens with zero attached hydrogens (tertiary/aromatic N) is 3. The van der Waals surface area contributed by atoms with E-state index in [0.29, 0.717) is 34.9 Å². The highest BCUT2D eigenvalue weighted by atomic mass is 35.5. The minimum atomic E-state index is -0.574.